The van der Waals surface area contributed by atoms with Crippen molar-refractivity contribution in [3.63, 3.8) is 0 Å². The van der Waals surface area contributed by atoms with Crippen LogP contribution in [-0.2, 0) is 0 Å². The fourth-order valence-electron chi connectivity index (χ4n) is 3.57. The monoisotopic (exact) mass is 956 g/mol. The molecule has 4 aromatic carbocycles. The number of aliphatic imine (C=N–C) groups is 2. The summed E-state index contributed by atoms with van der Waals surface area (Å²) in [6.45, 7) is 0. The lowest BCUT2D eigenvalue weighted by Gasteiger charge is -2.11. The van der Waals surface area contributed by atoms with Crippen LogP contribution in [0.5, 0.6) is 23.0 Å². The highest BCUT2D eigenvalue weighted by Crippen LogP contribution is 2.37. The summed E-state index contributed by atoms with van der Waals surface area (Å²) in [7, 11) is 3.20. The largest absolute Gasteiger partial charge is 0.506 e. The van der Waals surface area contributed by atoms with E-state index in [4.69, 9.17) is 9.47 Å². The molecule has 0 atom stereocenters. The van der Waals surface area contributed by atoms with E-state index in [0.717, 1.165) is 25.4 Å². The zero-order valence-corrected chi connectivity index (χ0v) is 28.7. The summed E-state index contributed by atoms with van der Waals surface area (Å²) in [6.07, 6.45) is 3.28. The van der Waals surface area contributed by atoms with Crippen molar-refractivity contribution in [2.75, 3.05) is 14.2 Å². The summed E-state index contributed by atoms with van der Waals surface area (Å²) in [5, 5.41) is 20.7. The van der Waals surface area contributed by atoms with Crippen LogP contribution in [0.15, 0.2) is 70.6 Å². The predicted molar refractivity (Wildman–Crippen MR) is 187 cm³/mol. The van der Waals surface area contributed by atoms with E-state index in [9.17, 15) is 10.2 Å². The third-order valence-corrected chi connectivity index (χ3v) is 8.38. The first-order chi connectivity index (χ1) is 18.2. The Bertz CT molecular complexity index is 1450. The van der Waals surface area contributed by atoms with Crippen LogP contribution in [0.2, 0.25) is 0 Å². The molecule has 4 rings (SSSR count). The first kappa shape index (κ1) is 29.3. The van der Waals surface area contributed by atoms with Gasteiger partial charge in [-0.15, -0.1) is 0 Å². The van der Waals surface area contributed by atoms with E-state index >= 15 is 0 Å². The fourth-order valence-corrected chi connectivity index (χ4v) is 7.35. The van der Waals surface area contributed by atoms with Gasteiger partial charge in [0.1, 0.15) is 34.4 Å². The van der Waals surface area contributed by atoms with E-state index in [1.165, 1.54) is 0 Å². The van der Waals surface area contributed by atoms with Crippen LogP contribution in [0.1, 0.15) is 11.1 Å². The molecule has 0 fully saturated rings. The molecule has 0 saturated carbocycles. The average molecular weight is 956 g/mol. The first-order valence-electron chi connectivity index (χ1n) is 11.0. The molecule has 0 aromatic heterocycles. The zero-order chi connectivity index (χ0) is 27.4. The van der Waals surface area contributed by atoms with E-state index in [0.29, 0.717) is 34.0 Å². The summed E-state index contributed by atoms with van der Waals surface area (Å²) in [5.74, 6) is 1.60. The quantitative estimate of drug-likeness (QED) is 0.144. The molecule has 0 bridgehead atoms. The summed E-state index contributed by atoms with van der Waals surface area (Å²) >= 11 is 8.63. The van der Waals surface area contributed by atoms with Gasteiger partial charge >= 0.3 is 0 Å². The van der Waals surface area contributed by atoms with Crippen LogP contribution < -0.4 is 9.47 Å². The molecule has 0 heterocycles. The lowest BCUT2D eigenvalue weighted by atomic mass is 10.0. The minimum atomic E-state index is 0.201. The molecular weight excluding hydrogens is 936 g/mol. The molecule has 0 amide bonds. The van der Waals surface area contributed by atoms with Gasteiger partial charge < -0.3 is 19.7 Å². The number of ether oxygens (including phenoxy) is 2. The Hall–Kier alpha value is -1.66. The standard InChI is InChI=1S/C28H20I4N2O4/c1-37-25-9-15(3-5-23(25)33-13-17-7-19(29)11-21(31)27(17)35)16-4-6-24(26(10-16)38-2)34-14-18-8-20(30)12-22(32)28(18)36/h3-14,35-36H,1-2H3. The summed E-state index contributed by atoms with van der Waals surface area (Å²) in [4.78, 5) is 9.13. The van der Waals surface area contributed by atoms with Crippen LogP contribution in [0.4, 0.5) is 11.4 Å². The number of aromatic hydroxyl groups is 2. The smallest absolute Gasteiger partial charge is 0.145 e. The molecule has 10 heteroatoms. The predicted octanol–water partition coefficient (Wildman–Crippen LogP) is 8.70. The van der Waals surface area contributed by atoms with Gasteiger partial charge in [-0.3, -0.25) is 9.98 Å². The van der Waals surface area contributed by atoms with Crippen molar-refractivity contribution < 1.29 is 19.7 Å². The van der Waals surface area contributed by atoms with Gasteiger partial charge in [0.05, 0.1) is 21.4 Å². The Morgan fingerprint density at radius 3 is 1.37 bits per heavy atom. The number of benzene rings is 4. The number of halogens is 4. The third kappa shape index (κ3) is 6.91. The van der Waals surface area contributed by atoms with Crippen LogP contribution in [0.3, 0.4) is 0 Å². The van der Waals surface area contributed by atoms with E-state index in [2.05, 4.69) is 100 Å². The van der Waals surface area contributed by atoms with Gasteiger partial charge in [-0.05, 0) is 150 Å². The highest BCUT2D eigenvalue weighted by atomic mass is 127. The van der Waals surface area contributed by atoms with Crippen LogP contribution in [0, 0.1) is 14.3 Å². The maximum atomic E-state index is 10.4. The Kier molecular flexibility index (Phi) is 10.1. The molecule has 194 valence electrons. The van der Waals surface area contributed by atoms with Crippen molar-refractivity contribution in [1.82, 2.24) is 0 Å². The molecule has 0 aliphatic carbocycles. The molecule has 6 nitrogen and oxygen atoms in total. The second kappa shape index (κ2) is 13.1. The molecule has 0 aliphatic heterocycles. The zero-order valence-electron chi connectivity index (χ0n) is 20.0. The highest BCUT2D eigenvalue weighted by molar-refractivity contribution is 14.1. The Morgan fingerprint density at radius 1 is 0.605 bits per heavy atom. The Balaban J connectivity index is 1.63. The second-order valence-electron chi connectivity index (χ2n) is 7.94. The van der Waals surface area contributed by atoms with E-state index in [-0.39, 0.29) is 11.5 Å². The van der Waals surface area contributed by atoms with Gasteiger partial charge in [0, 0.05) is 30.7 Å². The maximum Gasteiger partial charge on any atom is 0.145 e. The SMILES string of the molecule is COc1cc(-c2ccc(N=Cc3cc(I)cc(I)c3O)c(OC)c2)ccc1N=Cc1cc(I)cc(I)c1O. The van der Waals surface area contributed by atoms with Crippen molar-refractivity contribution in [2.45, 2.75) is 0 Å². The van der Waals surface area contributed by atoms with Crippen molar-refractivity contribution in [1.29, 1.82) is 0 Å². The van der Waals surface area contributed by atoms with Gasteiger partial charge in [0.15, 0.2) is 0 Å². The highest BCUT2D eigenvalue weighted by Gasteiger charge is 2.11. The molecule has 0 spiro atoms. The Labute approximate surface area is 275 Å². The number of phenols is 2. The van der Waals surface area contributed by atoms with Gasteiger partial charge in [0.25, 0.3) is 0 Å². The van der Waals surface area contributed by atoms with E-state index in [1.807, 2.05) is 60.7 Å². The van der Waals surface area contributed by atoms with Crippen LogP contribution >= 0.6 is 90.4 Å². The first-order valence-corrected chi connectivity index (χ1v) is 15.3. The lowest BCUT2D eigenvalue weighted by Crippen LogP contribution is -1.90. The third-order valence-electron chi connectivity index (χ3n) is 5.49. The van der Waals surface area contributed by atoms with Gasteiger partial charge in [-0.1, -0.05) is 12.1 Å². The number of rotatable bonds is 7. The molecular formula is C28H20I4N2O4. The minimum Gasteiger partial charge on any atom is -0.506 e. The van der Waals surface area contributed by atoms with E-state index in [1.54, 1.807) is 26.6 Å². The summed E-state index contributed by atoms with van der Waals surface area (Å²) in [5.41, 5.74) is 4.41. The number of methoxy groups -OCH3 is 2. The lowest BCUT2D eigenvalue weighted by molar-refractivity contribution is 0.415. The van der Waals surface area contributed by atoms with Crippen LogP contribution in [-0.4, -0.2) is 36.9 Å². The van der Waals surface area contributed by atoms with Gasteiger partial charge in [0.2, 0.25) is 0 Å². The normalized spacial score (nSPS) is 11.4. The van der Waals surface area contributed by atoms with Crippen molar-refractivity contribution in [2.24, 2.45) is 9.98 Å². The molecule has 0 radical (unpaired) electrons. The average Bonchev–Trinajstić information content (AvgIpc) is 2.90. The number of hydrogen-bond acceptors (Lipinski definition) is 6. The molecule has 2 N–H and O–H groups in total. The molecule has 0 saturated heterocycles. The van der Waals surface area contributed by atoms with Crippen molar-refractivity contribution in [3.8, 4) is 34.1 Å². The number of phenolic OH excluding ortho intramolecular Hbond substituents is 2. The van der Waals surface area contributed by atoms with Crippen molar-refractivity contribution >= 4 is 114 Å². The minimum absolute atomic E-state index is 0.201. The topological polar surface area (TPSA) is 83.6 Å². The summed E-state index contributed by atoms with van der Waals surface area (Å²) < 4.78 is 14.8. The maximum absolute atomic E-state index is 10.4. The molecule has 0 unspecified atom stereocenters. The Morgan fingerprint density at radius 2 is 1.00 bits per heavy atom. The van der Waals surface area contributed by atoms with Gasteiger partial charge in [-0.25, -0.2) is 0 Å². The number of nitrogens with zero attached hydrogens (tertiary/aromatic N) is 2. The van der Waals surface area contributed by atoms with E-state index < -0.39 is 0 Å². The second-order valence-corrected chi connectivity index (χ2v) is 12.8. The van der Waals surface area contributed by atoms with Gasteiger partial charge in [-0.2, -0.15) is 0 Å². The van der Waals surface area contributed by atoms with Crippen LogP contribution in [0.25, 0.3) is 11.1 Å². The van der Waals surface area contributed by atoms with Crippen molar-refractivity contribution in [3.05, 3.63) is 86.1 Å². The molecule has 38 heavy (non-hydrogen) atoms. The summed E-state index contributed by atoms with van der Waals surface area (Å²) in [6, 6.07) is 19.0. The molecule has 4 aromatic rings. The molecule has 0 aliphatic rings. The number of hydrogen-bond donors (Lipinski definition) is 2. The fraction of sp³-hybridized carbons (Fsp3) is 0.0714.